The molecule has 1 rings (SSSR count). The molecule has 0 unspecified atom stereocenters. The smallest absolute Gasteiger partial charge is 0.219 e. The van der Waals surface area contributed by atoms with Gasteiger partial charge in [0.05, 0.1) is 11.6 Å². The van der Waals surface area contributed by atoms with Crippen LogP contribution in [0, 0.1) is 0 Å². The van der Waals surface area contributed by atoms with E-state index in [0.29, 0.717) is 6.42 Å². The number of halogens is 1. The molecular formula is C12H17BrN2O2. The first-order chi connectivity index (χ1) is 8.17. The molecule has 0 bridgehead atoms. The van der Waals surface area contributed by atoms with Gasteiger partial charge in [0, 0.05) is 25.7 Å². The number of hydrogen-bond acceptors (Lipinski definition) is 3. The Labute approximate surface area is 110 Å². The Morgan fingerprint density at radius 2 is 2.24 bits per heavy atom. The van der Waals surface area contributed by atoms with Crippen molar-refractivity contribution in [2.24, 2.45) is 0 Å². The predicted octanol–water partition coefficient (Wildman–Crippen LogP) is 2.40. The summed E-state index contributed by atoms with van der Waals surface area (Å²) in [6.45, 7) is 0.770. The maximum Gasteiger partial charge on any atom is 0.219 e. The molecule has 0 aliphatic carbocycles. The monoisotopic (exact) mass is 300 g/mol. The van der Waals surface area contributed by atoms with E-state index in [2.05, 4.69) is 26.6 Å². The number of nitrogens with one attached hydrogen (secondary N) is 2. The van der Waals surface area contributed by atoms with Crippen LogP contribution in [0.4, 0.5) is 5.69 Å². The minimum atomic E-state index is 0.0720. The molecular weight excluding hydrogens is 284 g/mol. The lowest BCUT2D eigenvalue weighted by molar-refractivity contribution is -0.120. The summed E-state index contributed by atoms with van der Waals surface area (Å²) in [5, 5.41) is 5.85. The summed E-state index contributed by atoms with van der Waals surface area (Å²) >= 11 is 3.42. The van der Waals surface area contributed by atoms with Crippen LogP contribution in [0.25, 0.3) is 0 Å². The van der Waals surface area contributed by atoms with Crippen LogP contribution in [-0.2, 0) is 4.79 Å². The van der Waals surface area contributed by atoms with E-state index in [-0.39, 0.29) is 5.91 Å². The Balaban J connectivity index is 2.37. The predicted molar refractivity (Wildman–Crippen MR) is 72.5 cm³/mol. The molecule has 0 saturated carbocycles. The van der Waals surface area contributed by atoms with Gasteiger partial charge in [-0.2, -0.15) is 0 Å². The summed E-state index contributed by atoms with van der Waals surface area (Å²) in [5.74, 6) is 0.878. The molecule has 0 aliphatic heterocycles. The van der Waals surface area contributed by atoms with Crippen LogP contribution in [0.3, 0.4) is 0 Å². The minimum Gasteiger partial charge on any atom is -0.496 e. The van der Waals surface area contributed by atoms with E-state index in [4.69, 9.17) is 4.74 Å². The van der Waals surface area contributed by atoms with Gasteiger partial charge in [-0.3, -0.25) is 4.79 Å². The molecule has 4 nitrogen and oxygen atoms in total. The number of carbonyl (C=O) groups is 1. The molecule has 0 radical (unpaired) electrons. The third kappa shape index (κ3) is 4.65. The van der Waals surface area contributed by atoms with E-state index in [1.807, 2.05) is 18.2 Å². The molecule has 0 saturated heterocycles. The Hall–Kier alpha value is -1.23. The Kier molecular flexibility index (Phi) is 5.83. The molecule has 94 valence electrons. The summed E-state index contributed by atoms with van der Waals surface area (Å²) in [6.07, 6.45) is 1.35. The standard InChI is InChI=1S/C12H17BrN2O2/c1-14-12(16)4-3-7-15-9-5-6-11(17-2)10(13)8-9/h5-6,8,15H,3-4,7H2,1-2H3,(H,14,16). The highest BCUT2D eigenvalue weighted by Gasteiger charge is 2.01. The first-order valence-corrected chi connectivity index (χ1v) is 6.24. The number of ether oxygens (including phenoxy) is 1. The lowest BCUT2D eigenvalue weighted by atomic mass is 10.2. The Morgan fingerprint density at radius 1 is 1.47 bits per heavy atom. The van der Waals surface area contributed by atoms with Gasteiger partial charge in [0.2, 0.25) is 5.91 Å². The molecule has 5 heteroatoms. The van der Waals surface area contributed by atoms with Crippen molar-refractivity contribution >= 4 is 27.5 Å². The zero-order valence-electron chi connectivity index (χ0n) is 10.0. The highest BCUT2D eigenvalue weighted by Crippen LogP contribution is 2.27. The second-order valence-electron chi connectivity index (χ2n) is 3.55. The summed E-state index contributed by atoms with van der Waals surface area (Å²) in [6, 6.07) is 5.80. The topological polar surface area (TPSA) is 50.4 Å². The average molecular weight is 301 g/mol. The molecule has 0 fully saturated rings. The van der Waals surface area contributed by atoms with Crippen LogP contribution in [0.5, 0.6) is 5.75 Å². The first-order valence-electron chi connectivity index (χ1n) is 5.45. The fraction of sp³-hybridized carbons (Fsp3) is 0.417. The number of methoxy groups -OCH3 is 1. The van der Waals surface area contributed by atoms with E-state index in [1.165, 1.54) is 0 Å². The normalized spacial score (nSPS) is 9.82. The van der Waals surface area contributed by atoms with Gasteiger partial charge >= 0.3 is 0 Å². The van der Waals surface area contributed by atoms with Crippen LogP contribution in [-0.4, -0.2) is 26.6 Å². The summed E-state index contributed by atoms with van der Waals surface area (Å²) in [5.41, 5.74) is 1.01. The Bertz CT molecular complexity index is 383. The van der Waals surface area contributed by atoms with Gasteiger partial charge in [-0.1, -0.05) is 0 Å². The molecule has 1 amide bonds. The van der Waals surface area contributed by atoms with Crippen molar-refractivity contribution in [2.45, 2.75) is 12.8 Å². The van der Waals surface area contributed by atoms with Crippen molar-refractivity contribution in [2.75, 3.05) is 26.0 Å². The molecule has 17 heavy (non-hydrogen) atoms. The number of carbonyl (C=O) groups excluding carboxylic acids is 1. The summed E-state index contributed by atoms with van der Waals surface area (Å²) in [7, 11) is 3.28. The van der Waals surface area contributed by atoms with Crippen LogP contribution >= 0.6 is 15.9 Å². The number of hydrogen-bond donors (Lipinski definition) is 2. The number of amides is 1. The molecule has 1 aromatic rings. The first kappa shape index (κ1) is 13.8. The third-order valence-electron chi connectivity index (χ3n) is 2.34. The van der Waals surface area contributed by atoms with Crippen LogP contribution in [0.15, 0.2) is 22.7 Å². The van der Waals surface area contributed by atoms with Crippen molar-refractivity contribution in [1.82, 2.24) is 5.32 Å². The number of rotatable bonds is 6. The zero-order chi connectivity index (χ0) is 12.7. The summed E-state index contributed by atoms with van der Waals surface area (Å²) < 4.78 is 6.06. The van der Waals surface area contributed by atoms with E-state index in [1.54, 1.807) is 14.2 Å². The molecule has 0 atom stereocenters. The van der Waals surface area contributed by atoms with E-state index >= 15 is 0 Å². The maximum absolute atomic E-state index is 11.0. The van der Waals surface area contributed by atoms with Crippen molar-refractivity contribution in [3.63, 3.8) is 0 Å². The molecule has 2 N–H and O–H groups in total. The highest BCUT2D eigenvalue weighted by molar-refractivity contribution is 9.10. The van der Waals surface area contributed by atoms with Crippen LogP contribution in [0.2, 0.25) is 0 Å². The second kappa shape index (κ2) is 7.17. The van der Waals surface area contributed by atoms with Gasteiger partial charge in [-0.25, -0.2) is 0 Å². The Morgan fingerprint density at radius 3 is 2.82 bits per heavy atom. The van der Waals surface area contributed by atoms with Gasteiger partial charge in [0.15, 0.2) is 0 Å². The van der Waals surface area contributed by atoms with Crippen LogP contribution in [0.1, 0.15) is 12.8 Å². The number of anilines is 1. The van der Waals surface area contributed by atoms with Gasteiger partial charge < -0.3 is 15.4 Å². The second-order valence-corrected chi connectivity index (χ2v) is 4.41. The molecule has 0 aromatic heterocycles. The minimum absolute atomic E-state index is 0.0720. The molecule has 1 aromatic carbocycles. The maximum atomic E-state index is 11.0. The molecule has 0 heterocycles. The van der Waals surface area contributed by atoms with Crippen molar-refractivity contribution in [3.8, 4) is 5.75 Å². The number of benzene rings is 1. The van der Waals surface area contributed by atoms with Gasteiger partial charge in [0.1, 0.15) is 5.75 Å². The van der Waals surface area contributed by atoms with Crippen molar-refractivity contribution in [1.29, 1.82) is 0 Å². The lowest BCUT2D eigenvalue weighted by Crippen LogP contribution is -2.18. The fourth-order valence-corrected chi connectivity index (χ4v) is 1.92. The average Bonchev–Trinajstić information content (AvgIpc) is 2.34. The van der Waals surface area contributed by atoms with E-state index < -0.39 is 0 Å². The van der Waals surface area contributed by atoms with Gasteiger partial charge in [-0.15, -0.1) is 0 Å². The molecule has 0 spiro atoms. The third-order valence-corrected chi connectivity index (χ3v) is 2.96. The van der Waals surface area contributed by atoms with Crippen molar-refractivity contribution in [3.05, 3.63) is 22.7 Å². The molecule has 0 aliphatic rings. The van der Waals surface area contributed by atoms with E-state index in [0.717, 1.165) is 28.9 Å². The van der Waals surface area contributed by atoms with Gasteiger partial charge in [-0.05, 0) is 40.5 Å². The quantitative estimate of drug-likeness (QED) is 0.793. The van der Waals surface area contributed by atoms with Crippen molar-refractivity contribution < 1.29 is 9.53 Å². The largest absolute Gasteiger partial charge is 0.496 e. The fourth-order valence-electron chi connectivity index (χ4n) is 1.38. The van der Waals surface area contributed by atoms with Gasteiger partial charge in [0.25, 0.3) is 0 Å². The van der Waals surface area contributed by atoms with E-state index in [9.17, 15) is 4.79 Å². The summed E-state index contributed by atoms with van der Waals surface area (Å²) in [4.78, 5) is 11.0. The highest BCUT2D eigenvalue weighted by atomic mass is 79.9. The zero-order valence-corrected chi connectivity index (χ0v) is 11.6. The SMILES string of the molecule is CNC(=O)CCCNc1ccc(OC)c(Br)c1. The van der Waals surface area contributed by atoms with Crippen LogP contribution < -0.4 is 15.4 Å². The lowest BCUT2D eigenvalue weighted by Gasteiger charge is -2.08.